The summed E-state index contributed by atoms with van der Waals surface area (Å²) in [7, 11) is -3.51. The minimum absolute atomic E-state index is 0.143. The van der Waals surface area contributed by atoms with Crippen LogP contribution in [-0.4, -0.2) is 48.0 Å². The third-order valence-corrected chi connectivity index (χ3v) is 4.84. The summed E-state index contributed by atoms with van der Waals surface area (Å²) in [5, 5.41) is 0.143. The number of ether oxygens (including phenoxy) is 1. The molecule has 0 aliphatic carbocycles. The summed E-state index contributed by atoms with van der Waals surface area (Å²) in [6.07, 6.45) is 1.36. The number of morpholine rings is 1. The fourth-order valence-corrected chi connectivity index (χ4v) is 3.66. The van der Waals surface area contributed by atoms with Crippen LogP contribution >= 0.6 is 0 Å². The SMILES string of the molecule is Cc1ncc(S(=O)(=O)N2CCOCC2(C)C)[nH]1. The molecule has 2 heterocycles. The molecule has 7 heteroatoms. The van der Waals surface area contributed by atoms with Gasteiger partial charge < -0.3 is 9.72 Å². The summed E-state index contributed by atoms with van der Waals surface area (Å²) in [5.74, 6) is 0.592. The van der Waals surface area contributed by atoms with Crippen LogP contribution in [-0.2, 0) is 14.8 Å². The molecule has 17 heavy (non-hydrogen) atoms. The van der Waals surface area contributed by atoms with Gasteiger partial charge in [0.1, 0.15) is 5.82 Å². The monoisotopic (exact) mass is 259 g/mol. The van der Waals surface area contributed by atoms with Crippen LogP contribution in [0.2, 0.25) is 0 Å². The van der Waals surface area contributed by atoms with Crippen molar-refractivity contribution in [3.8, 4) is 0 Å². The van der Waals surface area contributed by atoms with E-state index < -0.39 is 15.6 Å². The molecule has 1 aromatic rings. The van der Waals surface area contributed by atoms with Crippen molar-refractivity contribution in [1.29, 1.82) is 0 Å². The second-order valence-electron chi connectivity index (χ2n) is 4.78. The molecular formula is C10H17N3O3S. The Bertz CT molecular complexity index is 507. The minimum atomic E-state index is -3.51. The predicted molar refractivity (Wildman–Crippen MR) is 62.1 cm³/mol. The third-order valence-electron chi connectivity index (χ3n) is 2.82. The molecular weight excluding hydrogens is 242 g/mol. The van der Waals surface area contributed by atoms with Gasteiger partial charge >= 0.3 is 0 Å². The van der Waals surface area contributed by atoms with Crippen LogP contribution in [0.4, 0.5) is 0 Å². The number of nitrogens with one attached hydrogen (secondary N) is 1. The minimum Gasteiger partial charge on any atom is -0.378 e. The number of imidazole rings is 1. The lowest BCUT2D eigenvalue weighted by Gasteiger charge is -2.40. The second-order valence-corrected chi connectivity index (χ2v) is 6.61. The number of rotatable bonds is 2. The normalized spacial score (nSPS) is 21.6. The second kappa shape index (κ2) is 4.08. The fourth-order valence-electron chi connectivity index (χ4n) is 1.94. The van der Waals surface area contributed by atoms with Gasteiger partial charge in [-0.25, -0.2) is 13.4 Å². The topological polar surface area (TPSA) is 75.3 Å². The zero-order valence-corrected chi connectivity index (χ0v) is 11.0. The van der Waals surface area contributed by atoms with E-state index in [-0.39, 0.29) is 5.03 Å². The Labute approximate surface area is 101 Å². The lowest BCUT2D eigenvalue weighted by molar-refractivity contribution is -0.00781. The molecule has 0 unspecified atom stereocenters. The molecule has 96 valence electrons. The summed E-state index contributed by atoms with van der Waals surface area (Å²) in [6, 6.07) is 0. The number of hydrogen-bond donors (Lipinski definition) is 1. The molecule has 0 radical (unpaired) electrons. The summed E-state index contributed by atoms with van der Waals surface area (Å²) in [4.78, 5) is 6.70. The summed E-state index contributed by atoms with van der Waals surface area (Å²) < 4.78 is 31.6. The quantitative estimate of drug-likeness (QED) is 0.840. The molecule has 0 atom stereocenters. The maximum absolute atomic E-state index is 12.4. The van der Waals surface area contributed by atoms with Crippen molar-refractivity contribution < 1.29 is 13.2 Å². The van der Waals surface area contributed by atoms with Gasteiger partial charge in [-0.1, -0.05) is 0 Å². The molecule has 0 aromatic carbocycles. The number of nitrogens with zero attached hydrogens (tertiary/aromatic N) is 2. The van der Waals surface area contributed by atoms with Gasteiger partial charge in [-0.15, -0.1) is 0 Å². The zero-order chi connectivity index (χ0) is 12.7. The van der Waals surface area contributed by atoms with E-state index in [0.29, 0.717) is 25.6 Å². The molecule has 1 aliphatic heterocycles. The standard InChI is InChI=1S/C10H17N3O3S/c1-8-11-6-9(12-8)17(14,15)13-4-5-16-7-10(13,2)3/h6H,4-5,7H2,1-3H3,(H,11,12). The lowest BCUT2D eigenvalue weighted by atomic mass is 10.1. The number of sulfonamides is 1. The van der Waals surface area contributed by atoms with Crippen LogP contribution in [0.5, 0.6) is 0 Å². The zero-order valence-electron chi connectivity index (χ0n) is 10.2. The van der Waals surface area contributed by atoms with Crippen LogP contribution in [0.15, 0.2) is 11.2 Å². The van der Waals surface area contributed by atoms with Crippen molar-refractivity contribution in [2.24, 2.45) is 0 Å². The van der Waals surface area contributed by atoms with Gasteiger partial charge in [0.2, 0.25) is 0 Å². The Hall–Kier alpha value is -0.920. The van der Waals surface area contributed by atoms with Crippen LogP contribution in [0.3, 0.4) is 0 Å². The van der Waals surface area contributed by atoms with Gasteiger partial charge in [-0.05, 0) is 20.8 Å². The van der Waals surface area contributed by atoms with Crippen LogP contribution in [0.1, 0.15) is 19.7 Å². The van der Waals surface area contributed by atoms with Crippen LogP contribution in [0, 0.1) is 6.92 Å². The van der Waals surface area contributed by atoms with Gasteiger partial charge in [0.15, 0.2) is 5.03 Å². The van der Waals surface area contributed by atoms with Gasteiger partial charge in [0.25, 0.3) is 10.0 Å². The summed E-state index contributed by atoms with van der Waals surface area (Å²) in [5.41, 5.74) is -0.532. The van der Waals surface area contributed by atoms with E-state index in [4.69, 9.17) is 4.74 Å². The number of aromatic nitrogens is 2. The van der Waals surface area contributed by atoms with Gasteiger partial charge in [-0.3, -0.25) is 0 Å². The van der Waals surface area contributed by atoms with E-state index in [1.165, 1.54) is 10.5 Å². The Kier molecular flexibility index (Phi) is 3.01. The van der Waals surface area contributed by atoms with Crippen molar-refractivity contribution in [2.45, 2.75) is 31.3 Å². The Morgan fingerprint density at radius 2 is 2.24 bits per heavy atom. The number of aryl methyl sites for hydroxylation is 1. The van der Waals surface area contributed by atoms with Crippen LogP contribution in [0.25, 0.3) is 0 Å². The Morgan fingerprint density at radius 3 is 2.76 bits per heavy atom. The van der Waals surface area contributed by atoms with Crippen LogP contribution < -0.4 is 0 Å². The highest BCUT2D eigenvalue weighted by Crippen LogP contribution is 2.26. The number of H-pyrrole nitrogens is 1. The highest BCUT2D eigenvalue weighted by atomic mass is 32.2. The molecule has 1 saturated heterocycles. The number of aromatic amines is 1. The van der Waals surface area contributed by atoms with Gasteiger partial charge in [0.05, 0.1) is 24.9 Å². The van der Waals surface area contributed by atoms with E-state index in [1.807, 2.05) is 13.8 Å². The van der Waals surface area contributed by atoms with Gasteiger partial charge in [0, 0.05) is 6.54 Å². The summed E-state index contributed by atoms with van der Waals surface area (Å²) in [6.45, 7) is 6.63. The third kappa shape index (κ3) is 2.22. The largest absolute Gasteiger partial charge is 0.378 e. The Balaban J connectivity index is 2.38. The highest BCUT2D eigenvalue weighted by Gasteiger charge is 2.40. The number of hydrogen-bond acceptors (Lipinski definition) is 4. The maximum atomic E-state index is 12.4. The molecule has 6 nitrogen and oxygen atoms in total. The molecule has 1 N–H and O–H groups in total. The first-order chi connectivity index (χ1) is 7.84. The highest BCUT2D eigenvalue weighted by molar-refractivity contribution is 7.89. The van der Waals surface area contributed by atoms with Gasteiger partial charge in [-0.2, -0.15) is 4.31 Å². The Morgan fingerprint density at radius 1 is 1.53 bits per heavy atom. The molecule has 1 aliphatic rings. The van der Waals surface area contributed by atoms with Crippen molar-refractivity contribution in [3.63, 3.8) is 0 Å². The molecule has 1 aromatic heterocycles. The first-order valence-electron chi connectivity index (χ1n) is 5.46. The molecule has 0 bridgehead atoms. The molecule has 0 spiro atoms. The van der Waals surface area contributed by atoms with Crippen molar-refractivity contribution >= 4 is 10.0 Å². The van der Waals surface area contributed by atoms with E-state index in [0.717, 1.165) is 0 Å². The van der Waals surface area contributed by atoms with E-state index in [9.17, 15) is 8.42 Å². The average Bonchev–Trinajstić information content (AvgIpc) is 2.64. The first kappa shape index (κ1) is 12.5. The molecule has 2 rings (SSSR count). The average molecular weight is 259 g/mol. The molecule has 0 saturated carbocycles. The van der Waals surface area contributed by atoms with Crippen molar-refractivity contribution in [2.75, 3.05) is 19.8 Å². The smallest absolute Gasteiger partial charge is 0.260 e. The van der Waals surface area contributed by atoms with E-state index in [2.05, 4.69) is 9.97 Å². The van der Waals surface area contributed by atoms with Crippen molar-refractivity contribution in [1.82, 2.24) is 14.3 Å². The molecule has 0 amide bonds. The van der Waals surface area contributed by atoms with E-state index >= 15 is 0 Å². The summed E-state index contributed by atoms with van der Waals surface area (Å²) >= 11 is 0. The molecule has 1 fully saturated rings. The predicted octanol–water partition coefficient (Wildman–Crippen LogP) is 0.518. The maximum Gasteiger partial charge on any atom is 0.260 e. The fraction of sp³-hybridized carbons (Fsp3) is 0.700. The first-order valence-corrected chi connectivity index (χ1v) is 6.90. The van der Waals surface area contributed by atoms with E-state index in [1.54, 1.807) is 6.92 Å². The van der Waals surface area contributed by atoms with Crippen molar-refractivity contribution in [3.05, 3.63) is 12.0 Å². The lowest BCUT2D eigenvalue weighted by Crippen LogP contribution is -2.55.